The summed E-state index contributed by atoms with van der Waals surface area (Å²) in [4.78, 5) is 16.4. The highest BCUT2D eigenvalue weighted by Gasteiger charge is 2.27. The minimum atomic E-state index is -0.234. The third kappa shape index (κ3) is 3.38. The highest BCUT2D eigenvalue weighted by Crippen LogP contribution is 2.36. The fourth-order valence-corrected chi connectivity index (χ4v) is 3.93. The fraction of sp³-hybridized carbons (Fsp3) is 0.273. The molecule has 2 aromatic carbocycles. The van der Waals surface area contributed by atoms with Crippen LogP contribution in [0.4, 0.5) is 11.6 Å². The number of aromatic nitrogens is 2. The summed E-state index contributed by atoms with van der Waals surface area (Å²) in [5, 5.41) is 4.10. The molecule has 0 radical (unpaired) electrons. The van der Waals surface area contributed by atoms with Gasteiger partial charge < -0.3 is 14.6 Å². The normalized spacial score (nSPS) is 15.4. The molecule has 1 N–H and O–H groups in total. The molecule has 5 nitrogen and oxygen atoms in total. The zero-order valence-corrected chi connectivity index (χ0v) is 16.9. The van der Waals surface area contributed by atoms with E-state index in [1.165, 1.54) is 0 Å². The molecule has 1 aromatic heterocycles. The molecular formula is C22H22ClN3O2. The van der Waals surface area contributed by atoms with Crippen LogP contribution < -0.4 is 15.6 Å². The largest absolute Gasteiger partial charge is 0.497 e. The van der Waals surface area contributed by atoms with Crippen LogP contribution in [0.1, 0.15) is 34.8 Å². The second-order valence-electron chi connectivity index (χ2n) is 7.15. The Morgan fingerprint density at radius 1 is 1.14 bits per heavy atom. The van der Waals surface area contributed by atoms with E-state index in [1.807, 2.05) is 44.2 Å². The second-order valence-corrected chi connectivity index (χ2v) is 7.56. The van der Waals surface area contributed by atoms with Gasteiger partial charge in [0.25, 0.3) is 5.56 Å². The van der Waals surface area contributed by atoms with Crippen LogP contribution in [0.15, 0.2) is 47.3 Å². The maximum Gasteiger partial charge on any atom is 0.274 e. The summed E-state index contributed by atoms with van der Waals surface area (Å²) in [5.41, 5.74) is 4.82. The van der Waals surface area contributed by atoms with Crippen LogP contribution in [0.5, 0.6) is 5.75 Å². The van der Waals surface area contributed by atoms with Gasteiger partial charge in [0.1, 0.15) is 5.75 Å². The zero-order valence-electron chi connectivity index (χ0n) is 16.1. The van der Waals surface area contributed by atoms with Gasteiger partial charge in [0.05, 0.1) is 13.2 Å². The molecule has 2 heterocycles. The van der Waals surface area contributed by atoms with E-state index in [0.717, 1.165) is 51.7 Å². The van der Waals surface area contributed by atoms with Gasteiger partial charge in [-0.25, -0.2) is 0 Å². The maximum absolute atomic E-state index is 12.2. The monoisotopic (exact) mass is 395 g/mol. The molecular weight excluding hydrogens is 374 g/mol. The van der Waals surface area contributed by atoms with Crippen molar-refractivity contribution < 1.29 is 4.74 Å². The van der Waals surface area contributed by atoms with E-state index in [1.54, 1.807) is 13.2 Å². The average molecular weight is 396 g/mol. The molecule has 0 fully saturated rings. The van der Waals surface area contributed by atoms with Gasteiger partial charge in [0.15, 0.2) is 0 Å². The van der Waals surface area contributed by atoms with E-state index in [-0.39, 0.29) is 11.6 Å². The molecule has 3 aromatic rings. The van der Waals surface area contributed by atoms with E-state index in [9.17, 15) is 4.79 Å². The van der Waals surface area contributed by atoms with Crippen molar-refractivity contribution in [1.82, 2.24) is 9.55 Å². The number of hydrogen-bond donors (Lipinski definition) is 1. The van der Waals surface area contributed by atoms with Gasteiger partial charge in [-0.05, 0) is 67.6 Å². The summed E-state index contributed by atoms with van der Waals surface area (Å²) < 4.78 is 7.40. The van der Waals surface area contributed by atoms with Gasteiger partial charge >= 0.3 is 0 Å². The lowest BCUT2D eigenvalue weighted by Gasteiger charge is -2.21. The second kappa shape index (κ2) is 7.32. The Balaban J connectivity index is 1.77. The third-order valence-electron chi connectivity index (χ3n) is 5.29. The molecule has 0 saturated heterocycles. The van der Waals surface area contributed by atoms with Crippen LogP contribution in [-0.4, -0.2) is 16.7 Å². The van der Waals surface area contributed by atoms with E-state index in [0.29, 0.717) is 5.95 Å². The molecule has 0 amide bonds. The van der Waals surface area contributed by atoms with Crippen molar-refractivity contribution in [1.29, 1.82) is 0 Å². The minimum absolute atomic E-state index is 0.0854. The first kappa shape index (κ1) is 18.6. The first-order valence-corrected chi connectivity index (χ1v) is 9.64. The smallest absolute Gasteiger partial charge is 0.274 e. The first-order valence-electron chi connectivity index (χ1n) is 9.26. The molecule has 1 aliphatic rings. The van der Waals surface area contributed by atoms with Crippen molar-refractivity contribution in [2.75, 3.05) is 12.4 Å². The topological polar surface area (TPSA) is 56.1 Å². The number of rotatable bonds is 4. The number of anilines is 2. The predicted molar refractivity (Wildman–Crippen MR) is 112 cm³/mol. The molecule has 6 heteroatoms. The minimum Gasteiger partial charge on any atom is -0.497 e. The number of benzene rings is 2. The lowest BCUT2D eigenvalue weighted by Crippen LogP contribution is -2.19. The van der Waals surface area contributed by atoms with Gasteiger partial charge in [-0.2, -0.15) is 4.98 Å². The average Bonchev–Trinajstić information content (AvgIpc) is 3.09. The van der Waals surface area contributed by atoms with E-state index >= 15 is 0 Å². The van der Waals surface area contributed by atoms with Crippen LogP contribution in [0.2, 0.25) is 5.02 Å². The number of fused-ring (bicyclic) bond motifs is 1. The molecule has 1 aliphatic heterocycles. The lowest BCUT2D eigenvalue weighted by molar-refractivity contribution is 0.414. The highest BCUT2D eigenvalue weighted by atomic mass is 35.5. The summed E-state index contributed by atoms with van der Waals surface area (Å²) in [6, 6.07) is 13.6. The maximum atomic E-state index is 12.2. The van der Waals surface area contributed by atoms with Crippen LogP contribution in [-0.2, 0) is 6.42 Å². The van der Waals surface area contributed by atoms with Crippen LogP contribution in [0.3, 0.4) is 0 Å². The molecule has 0 saturated carbocycles. The van der Waals surface area contributed by atoms with Crippen molar-refractivity contribution >= 4 is 23.2 Å². The molecule has 1 unspecified atom stereocenters. The Morgan fingerprint density at radius 3 is 2.68 bits per heavy atom. The Morgan fingerprint density at radius 2 is 1.96 bits per heavy atom. The van der Waals surface area contributed by atoms with Crippen LogP contribution in [0, 0.1) is 13.8 Å². The number of methoxy groups -OCH3 is 1. The lowest BCUT2D eigenvalue weighted by atomic mass is 10.0. The van der Waals surface area contributed by atoms with Crippen molar-refractivity contribution in [2.24, 2.45) is 0 Å². The van der Waals surface area contributed by atoms with Gasteiger partial charge in [-0.1, -0.05) is 23.7 Å². The summed E-state index contributed by atoms with van der Waals surface area (Å²) in [6.07, 6.45) is 1.73. The number of halogens is 1. The van der Waals surface area contributed by atoms with Gasteiger partial charge in [-0.3, -0.25) is 4.79 Å². The number of hydrogen-bond acceptors (Lipinski definition) is 4. The quantitative estimate of drug-likeness (QED) is 0.689. The van der Waals surface area contributed by atoms with E-state index < -0.39 is 0 Å². The van der Waals surface area contributed by atoms with Crippen molar-refractivity contribution in [3.8, 4) is 5.75 Å². The van der Waals surface area contributed by atoms with E-state index in [2.05, 4.69) is 20.9 Å². The molecule has 1 atom stereocenters. The zero-order chi connectivity index (χ0) is 19.8. The predicted octanol–water partition coefficient (Wildman–Crippen LogP) is 4.80. The molecule has 144 valence electrons. The number of nitrogens with one attached hydrogen (secondary N) is 1. The standard InChI is InChI=1S/C22H22ClN3O2/c1-13-4-5-15(11-18(13)23)20-9-6-16-12-21(27)25-22(26(16)20)24-19-8-7-17(28-3)10-14(19)2/h4-5,7-8,10-12,20H,6,9H2,1-3H3,(H,24,25,27). The fourth-order valence-electron chi connectivity index (χ4n) is 3.74. The van der Waals surface area contributed by atoms with Gasteiger partial charge in [0.2, 0.25) is 5.95 Å². The van der Waals surface area contributed by atoms with E-state index in [4.69, 9.17) is 16.3 Å². The van der Waals surface area contributed by atoms with Crippen molar-refractivity contribution in [3.05, 3.63) is 80.2 Å². The first-order chi connectivity index (χ1) is 13.5. The molecule has 0 bridgehead atoms. The molecule has 28 heavy (non-hydrogen) atoms. The number of aryl methyl sites for hydroxylation is 3. The molecule has 4 rings (SSSR count). The van der Waals surface area contributed by atoms with Gasteiger partial charge in [-0.15, -0.1) is 0 Å². The van der Waals surface area contributed by atoms with Crippen LogP contribution in [0.25, 0.3) is 0 Å². The van der Waals surface area contributed by atoms with Gasteiger partial charge in [0, 0.05) is 22.5 Å². The summed E-state index contributed by atoms with van der Waals surface area (Å²) >= 11 is 6.36. The van der Waals surface area contributed by atoms with Crippen molar-refractivity contribution in [2.45, 2.75) is 32.7 Å². The number of ether oxygens (including phenoxy) is 1. The SMILES string of the molecule is COc1ccc(Nc2nc(=O)cc3n2C(c2ccc(C)c(Cl)c2)CC3)c(C)c1. The highest BCUT2D eigenvalue weighted by molar-refractivity contribution is 6.31. The summed E-state index contributed by atoms with van der Waals surface area (Å²) in [7, 11) is 1.64. The Hall–Kier alpha value is -2.79. The van der Waals surface area contributed by atoms with Crippen LogP contribution >= 0.6 is 11.6 Å². The van der Waals surface area contributed by atoms with Crippen molar-refractivity contribution in [3.63, 3.8) is 0 Å². The summed E-state index contributed by atoms with van der Waals surface area (Å²) in [6.45, 7) is 3.99. The third-order valence-corrected chi connectivity index (χ3v) is 5.70. The summed E-state index contributed by atoms with van der Waals surface area (Å²) in [5.74, 6) is 1.34. The Kier molecular flexibility index (Phi) is 4.85. The Labute approximate surface area is 169 Å². The Bertz CT molecular complexity index is 1110. The number of nitrogens with zero attached hydrogens (tertiary/aromatic N) is 2. The molecule has 0 aliphatic carbocycles. The molecule has 0 spiro atoms.